The number of piperidine rings is 1. The second-order valence-corrected chi connectivity index (χ2v) is 7.49. The smallest absolute Gasteiger partial charge is 0.243 e. The third-order valence-corrected chi connectivity index (χ3v) is 4.43. The van der Waals surface area contributed by atoms with Gasteiger partial charge in [-0.15, -0.1) is 24.0 Å². The number of rotatable bonds is 6. The number of nitrogens with zero attached hydrogens (tertiary/aromatic N) is 3. The van der Waals surface area contributed by atoms with E-state index in [2.05, 4.69) is 58.6 Å². The summed E-state index contributed by atoms with van der Waals surface area (Å²) in [6.07, 6.45) is 2.24. The van der Waals surface area contributed by atoms with E-state index in [1.165, 1.54) is 5.69 Å². The lowest BCUT2D eigenvalue weighted by atomic mass is 10.0. The predicted octanol–water partition coefficient (Wildman–Crippen LogP) is 2.55. The average Bonchev–Trinajstić information content (AvgIpc) is 2.64. The van der Waals surface area contributed by atoms with Gasteiger partial charge in [-0.3, -0.25) is 4.79 Å². The van der Waals surface area contributed by atoms with Crippen LogP contribution in [0.4, 0.5) is 5.69 Å². The number of hydrogen-bond donors (Lipinski definition) is 2. The molecule has 1 aliphatic heterocycles. The molecule has 1 aromatic rings. The van der Waals surface area contributed by atoms with E-state index in [0.29, 0.717) is 12.0 Å². The van der Waals surface area contributed by atoms with Crippen LogP contribution in [0, 0.1) is 5.92 Å². The number of benzene rings is 1. The van der Waals surface area contributed by atoms with Gasteiger partial charge < -0.3 is 20.4 Å². The Labute approximate surface area is 180 Å². The zero-order chi connectivity index (χ0) is 18.9. The Morgan fingerprint density at radius 2 is 2.00 bits per heavy atom. The Morgan fingerprint density at radius 1 is 1.30 bits per heavy atom. The fourth-order valence-electron chi connectivity index (χ4n) is 2.90. The minimum atomic E-state index is 0. The molecule has 0 bridgehead atoms. The first kappa shape index (κ1) is 23.5. The Bertz CT molecular complexity index is 591. The number of para-hydroxylation sites is 1. The summed E-state index contributed by atoms with van der Waals surface area (Å²) in [7, 11) is 3.51. The van der Waals surface area contributed by atoms with Crippen LogP contribution < -0.4 is 15.5 Å². The fourth-order valence-corrected chi connectivity index (χ4v) is 2.90. The molecule has 0 aliphatic carbocycles. The van der Waals surface area contributed by atoms with Gasteiger partial charge in [0, 0.05) is 45.5 Å². The van der Waals surface area contributed by atoms with Crippen LogP contribution in [0.1, 0.15) is 26.7 Å². The van der Waals surface area contributed by atoms with E-state index in [1.54, 1.807) is 19.0 Å². The van der Waals surface area contributed by atoms with Crippen LogP contribution in [0.5, 0.6) is 0 Å². The first-order valence-corrected chi connectivity index (χ1v) is 9.50. The fraction of sp³-hybridized carbons (Fsp3) is 0.600. The lowest BCUT2D eigenvalue weighted by Crippen LogP contribution is -2.52. The highest BCUT2D eigenvalue weighted by Crippen LogP contribution is 2.19. The summed E-state index contributed by atoms with van der Waals surface area (Å²) < 4.78 is 0. The van der Waals surface area contributed by atoms with E-state index in [-0.39, 0.29) is 36.4 Å². The molecule has 1 saturated heterocycles. The summed E-state index contributed by atoms with van der Waals surface area (Å²) in [6, 6.07) is 10.8. The van der Waals surface area contributed by atoms with E-state index in [0.717, 1.165) is 38.4 Å². The zero-order valence-electron chi connectivity index (χ0n) is 16.9. The van der Waals surface area contributed by atoms with Crippen molar-refractivity contribution in [1.29, 1.82) is 0 Å². The molecule has 0 aromatic heterocycles. The SMILES string of the molecule is CC(C)CNC(=NCC(=O)N(C)C)NC1CCCN(c2ccccc2)C1.I. The Kier molecular flexibility index (Phi) is 10.5. The van der Waals surface area contributed by atoms with Crippen molar-refractivity contribution in [2.75, 3.05) is 45.2 Å². The summed E-state index contributed by atoms with van der Waals surface area (Å²) >= 11 is 0. The minimum absolute atomic E-state index is 0. The number of amides is 1. The minimum Gasteiger partial charge on any atom is -0.369 e. The van der Waals surface area contributed by atoms with Gasteiger partial charge in [-0.05, 0) is 30.9 Å². The molecule has 1 unspecified atom stereocenters. The van der Waals surface area contributed by atoms with Gasteiger partial charge in [-0.2, -0.15) is 0 Å². The number of nitrogens with one attached hydrogen (secondary N) is 2. The first-order valence-electron chi connectivity index (χ1n) is 9.50. The largest absolute Gasteiger partial charge is 0.369 e. The van der Waals surface area contributed by atoms with Gasteiger partial charge in [0.05, 0.1) is 0 Å². The van der Waals surface area contributed by atoms with Crippen molar-refractivity contribution in [1.82, 2.24) is 15.5 Å². The Hall–Kier alpha value is -1.51. The Balaban J connectivity index is 0.00000364. The number of anilines is 1. The average molecular weight is 487 g/mol. The normalized spacial score (nSPS) is 17.3. The molecular weight excluding hydrogens is 453 g/mol. The number of halogens is 1. The molecule has 1 fully saturated rings. The highest BCUT2D eigenvalue weighted by Gasteiger charge is 2.21. The molecule has 2 rings (SSSR count). The van der Waals surface area contributed by atoms with Gasteiger partial charge >= 0.3 is 0 Å². The maximum Gasteiger partial charge on any atom is 0.243 e. The van der Waals surface area contributed by atoms with Gasteiger partial charge in [-0.25, -0.2) is 4.99 Å². The molecule has 2 N–H and O–H groups in total. The van der Waals surface area contributed by atoms with Crippen molar-refractivity contribution in [3.8, 4) is 0 Å². The Morgan fingerprint density at radius 3 is 2.63 bits per heavy atom. The standard InChI is InChI=1S/C20H33N5O.HI/c1-16(2)13-21-20(22-14-19(26)24(3)4)23-17-9-8-12-25(15-17)18-10-6-5-7-11-18;/h5-7,10-11,16-17H,8-9,12-15H2,1-4H3,(H2,21,22,23);1H. The van der Waals surface area contributed by atoms with Crippen LogP contribution in [-0.2, 0) is 4.79 Å². The highest BCUT2D eigenvalue weighted by molar-refractivity contribution is 14.0. The summed E-state index contributed by atoms with van der Waals surface area (Å²) in [6.45, 7) is 7.33. The van der Waals surface area contributed by atoms with Gasteiger partial charge in [0.2, 0.25) is 5.91 Å². The van der Waals surface area contributed by atoms with Crippen molar-refractivity contribution in [3.63, 3.8) is 0 Å². The van der Waals surface area contributed by atoms with Crippen LogP contribution >= 0.6 is 24.0 Å². The molecule has 6 nitrogen and oxygen atoms in total. The number of carbonyl (C=O) groups excluding carboxylic acids is 1. The third-order valence-electron chi connectivity index (χ3n) is 4.43. The van der Waals surface area contributed by atoms with Crippen LogP contribution in [0.15, 0.2) is 35.3 Å². The molecule has 0 spiro atoms. The topological polar surface area (TPSA) is 60.0 Å². The molecule has 0 saturated carbocycles. The van der Waals surface area contributed by atoms with Crippen molar-refractivity contribution < 1.29 is 4.79 Å². The summed E-state index contributed by atoms with van der Waals surface area (Å²) in [5.74, 6) is 1.25. The lowest BCUT2D eigenvalue weighted by Gasteiger charge is -2.35. The summed E-state index contributed by atoms with van der Waals surface area (Å²) in [5, 5.41) is 6.90. The third kappa shape index (κ3) is 8.36. The molecule has 1 aliphatic rings. The zero-order valence-corrected chi connectivity index (χ0v) is 19.3. The number of hydrogen-bond acceptors (Lipinski definition) is 3. The quantitative estimate of drug-likeness (QED) is 0.368. The molecule has 1 heterocycles. The monoisotopic (exact) mass is 487 g/mol. The lowest BCUT2D eigenvalue weighted by molar-refractivity contribution is -0.127. The van der Waals surface area contributed by atoms with Gasteiger partial charge in [0.15, 0.2) is 5.96 Å². The van der Waals surface area contributed by atoms with Gasteiger partial charge in [-0.1, -0.05) is 32.0 Å². The van der Waals surface area contributed by atoms with Crippen LogP contribution in [-0.4, -0.2) is 63.1 Å². The maximum absolute atomic E-state index is 11.9. The second kappa shape index (κ2) is 12.0. The summed E-state index contributed by atoms with van der Waals surface area (Å²) in [4.78, 5) is 20.3. The van der Waals surface area contributed by atoms with E-state index < -0.39 is 0 Å². The van der Waals surface area contributed by atoms with Crippen LogP contribution in [0.2, 0.25) is 0 Å². The second-order valence-electron chi connectivity index (χ2n) is 7.49. The van der Waals surface area contributed by atoms with Gasteiger partial charge in [0.25, 0.3) is 0 Å². The van der Waals surface area contributed by atoms with Gasteiger partial charge in [0.1, 0.15) is 6.54 Å². The van der Waals surface area contributed by atoms with E-state index in [1.807, 2.05) is 6.07 Å². The molecule has 1 amide bonds. The van der Waals surface area contributed by atoms with E-state index >= 15 is 0 Å². The molecule has 1 aromatic carbocycles. The first-order chi connectivity index (χ1) is 12.5. The molecule has 152 valence electrons. The number of guanidine groups is 1. The van der Waals surface area contributed by atoms with Crippen LogP contribution in [0.25, 0.3) is 0 Å². The maximum atomic E-state index is 11.9. The molecule has 0 radical (unpaired) electrons. The molecular formula is C20H34IN5O. The number of carbonyl (C=O) groups is 1. The molecule has 27 heavy (non-hydrogen) atoms. The number of likely N-dealkylation sites (N-methyl/N-ethyl adjacent to an activating group) is 1. The molecule has 7 heteroatoms. The van der Waals surface area contributed by atoms with Crippen molar-refractivity contribution >= 4 is 41.5 Å². The highest BCUT2D eigenvalue weighted by atomic mass is 127. The van der Waals surface area contributed by atoms with Crippen molar-refractivity contribution in [2.24, 2.45) is 10.9 Å². The molecule has 1 atom stereocenters. The summed E-state index contributed by atoms with van der Waals surface area (Å²) in [5.41, 5.74) is 1.26. The number of aliphatic imine (C=N–C) groups is 1. The van der Waals surface area contributed by atoms with Crippen molar-refractivity contribution in [3.05, 3.63) is 30.3 Å². The van der Waals surface area contributed by atoms with Crippen molar-refractivity contribution in [2.45, 2.75) is 32.7 Å². The van der Waals surface area contributed by atoms with Crippen LogP contribution in [0.3, 0.4) is 0 Å². The predicted molar refractivity (Wildman–Crippen MR) is 124 cm³/mol. The van der Waals surface area contributed by atoms with E-state index in [9.17, 15) is 4.79 Å². The van der Waals surface area contributed by atoms with E-state index in [4.69, 9.17) is 0 Å².